The quantitative estimate of drug-likeness (QED) is 0.454. The Bertz CT molecular complexity index is 1060. The standard InChI is InChI=1S/C17H14IN3O4S/c1-25-17(22)15-10-16(11-2-4-12(18)5-3-11)21(20-15)13-6-8-14(9-7-13)26(19,23)24/h2-10H,1H3,(H2,19,23,24). The highest BCUT2D eigenvalue weighted by atomic mass is 127. The molecule has 3 aromatic rings. The largest absolute Gasteiger partial charge is 0.464 e. The lowest BCUT2D eigenvalue weighted by Crippen LogP contribution is -2.12. The van der Waals surface area contributed by atoms with Gasteiger partial charge in [0.25, 0.3) is 0 Å². The van der Waals surface area contributed by atoms with Crippen molar-refractivity contribution in [2.24, 2.45) is 5.14 Å². The van der Waals surface area contributed by atoms with Gasteiger partial charge in [-0.25, -0.2) is 23.0 Å². The minimum Gasteiger partial charge on any atom is -0.464 e. The fourth-order valence-electron chi connectivity index (χ4n) is 2.39. The number of primary sulfonamides is 1. The van der Waals surface area contributed by atoms with Crippen LogP contribution in [0, 0.1) is 3.57 Å². The van der Waals surface area contributed by atoms with Crippen LogP contribution >= 0.6 is 22.6 Å². The van der Waals surface area contributed by atoms with E-state index in [0.717, 1.165) is 9.13 Å². The number of benzene rings is 2. The van der Waals surface area contributed by atoms with E-state index < -0.39 is 16.0 Å². The molecule has 0 spiro atoms. The summed E-state index contributed by atoms with van der Waals surface area (Å²) in [5.41, 5.74) is 2.26. The second-order valence-corrected chi connectivity index (χ2v) is 8.17. The number of carbonyl (C=O) groups excluding carboxylic acids is 1. The van der Waals surface area contributed by atoms with Crippen LogP contribution in [-0.4, -0.2) is 31.3 Å². The lowest BCUT2D eigenvalue weighted by Gasteiger charge is -2.08. The molecular weight excluding hydrogens is 469 g/mol. The summed E-state index contributed by atoms with van der Waals surface area (Å²) >= 11 is 2.20. The van der Waals surface area contributed by atoms with Crippen LogP contribution in [0.15, 0.2) is 59.5 Å². The Morgan fingerprint density at radius 3 is 2.27 bits per heavy atom. The molecule has 134 valence electrons. The van der Waals surface area contributed by atoms with Crippen molar-refractivity contribution in [1.29, 1.82) is 0 Å². The third-order valence-electron chi connectivity index (χ3n) is 3.65. The van der Waals surface area contributed by atoms with E-state index in [-0.39, 0.29) is 10.6 Å². The van der Waals surface area contributed by atoms with Gasteiger partial charge < -0.3 is 4.74 Å². The van der Waals surface area contributed by atoms with Crippen LogP contribution in [0.1, 0.15) is 10.5 Å². The number of carbonyl (C=O) groups is 1. The molecule has 0 aliphatic heterocycles. The van der Waals surface area contributed by atoms with Crippen molar-refractivity contribution >= 4 is 38.6 Å². The molecule has 0 saturated carbocycles. The highest BCUT2D eigenvalue weighted by molar-refractivity contribution is 14.1. The SMILES string of the molecule is COC(=O)c1cc(-c2ccc(I)cc2)n(-c2ccc(S(N)(=O)=O)cc2)n1. The zero-order valence-electron chi connectivity index (χ0n) is 13.6. The number of sulfonamides is 1. The number of ether oxygens (including phenoxy) is 1. The number of hydrogen-bond acceptors (Lipinski definition) is 5. The van der Waals surface area contributed by atoms with Crippen molar-refractivity contribution in [3.8, 4) is 16.9 Å². The zero-order valence-corrected chi connectivity index (χ0v) is 16.6. The molecule has 26 heavy (non-hydrogen) atoms. The number of rotatable bonds is 4. The van der Waals surface area contributed by atoms with Crippen LogP contribution in [-0.2, 0) is 14.8 Å². The molecule has 0 radical (unpaired) electrons. The number of hydrogen-bond donors (Lipinski definition) is 1. The Kier molecular flexibility index (Phi) is 5.12. The monoisotopic (exact) mass is 483 g/mol. The molecule has 0 bridgehead atoms. The van der Waals surface area contributed by atoms with Crippen molar-refractivity contribution in [2.75, 3.05) is 7.11 Å². The fraction of sp³-hybridized carbons (Fsp3) is 0.0588. The van der Waals surface area contributed by atoms with Crippen LogP contribution < -0.4 is 5.14 Å². The topological polar surface area (TPSA) is 104 Å². The molecule has 0 fully saturated rings. The number of nitrogens with two attached hydrogens (primary N) is 1. The van der Waals surface area contributed by atoms with Gasteiger partial charge >= 0.3 is 5.97 Å². The number of nitrogens with zero attached hydrogens (tertiary/aromatic N) is 2. The zero-order chi connectivity index (χ0) is 18.9. The van der Waals surface area contributed by atoms with E-state index in [4.69, 9.17) is 9.88 Å². The number of methoxy groups -OCH3 is 1. The van der Waals surface area contributed by atoms with Crippen molar-refractivity contribution in [3.63, 3.8) is 0 Å². The normalized spacial score (nSPS) is 11.3. The maximum atomic E-state index is 11.9. The second kappa shape index (κ2) is 7.17. The molecule has 7 nitrogen and oxygen atoms in total. The average Bonchev–Trinajstić information content (AvgIpc) is 3.06. The van der Waals surface area contributed by atoms with Gasteiger partial charge in [0.15, 0.2) is 5.69 Å². The number of halogens is 1. The van der Waals surface area contributed by atoms with Crippen LogP contribution in [0.2, 0.25) is 0 Å². The smallest absolute Gasteiger partial charge is 0.358 e. The Balaban J connectivity index is 2.14. The minimum absolute atomic E-state index is 0.00240. The van der Waals surface area contributed by atoms with E-state index in [1.165, 1.54) is 19.2 Å². The van der Waals surface area contributed by atoms with Crippen molar-refractivity contribution in [2.45, 2.75) is 4.90 Å². The van der Waals surface area contributed by atoms with Crippen LogP contribution in [0.3, 0.4) is 0 Å². The van der Waals surface area contributed by atoms with Crippen LogP contribution in [0.25, 0.3) is 16.9 Å². The number of aromatic nitrogens is 2. The molecule has 9 heteroatoms. The Morgan fingerprint density at radius 2 is 1.73 bits per heavy atom. The molecule has 0 amide bonds. The highest BCUT2D eigenvalue weighted by Crippen LogP contribution is 2.25. The van der Waals surface area contributed by atoms with Gasteiger partial charge in [0, 0.05) is 9.13 Å². The number of esters is 1. The molecule has 2 aromatic carbocycles. The van der Waals surface area contributed by atoms with E-state index in [1.807, 2.05) is 24.3 Å². The van der Waals surface area contributed by atoms with E-state index in [2.05, 4.69) is 27.7 Å². The van der Waals surface area contributed by atoms with Crippen molar-refractivity contribution in [3.05, 3.63) is 63.9 Å². The van der Waals surface area contributed by atoms with E-state index in [1.54, 1.807) is 22.9 Å². The first-order valence-electron chi connectivity index (χ1n) is 7.37. The molecule has 3 rings (SSSR count). The van der Waals surface area contributed by atoms with Gasteiger partial charge in [-0.2, -0.15) is 5.10 Å². The maximum Gasteiger partial charge on any atom is 0.358 e. The van der Waals surface area contributed by atoms with Gasteiger partial charge in [-0.3, -0.25) is 0 Å². The molecule has 0 saturated heterocycles. The lowest BCUT2D eigenvalue weighted by molar-refractivity contribution is 0.0593. The third-order valence-corrected chi connectivity index (χ3v) is 5.30. The summed E-state index contributed by atoms with van der Waals surface area (Å²) < 4.78 is 30.2. The molecular formula is C17H14IN3O4S. The summed E-state index contributed by atoms with van der Waals surface area (Å²) in [5, 5.41) is 9.43. The van der Waals surface area contributed by atoms with Gasteiger partial charge in [0.1, 0.15) is 0 Å². The Labute approximate surface area is 164 Å². The summed E-state index contributed by atoms with van der Waals surface area (Å²) in [6, 6.07) is 15.3. The van der Waals surface area contributed by atoms with Gasteiger partial charge in [-0.05, 0) is 65.1 Å². The van der Waals surface area contributed by atoms with E-state index in [9.17, 15) is 13.2 Å². The molecule has 0 unspecified atom stereocenters. The van der Waals surface area contributed by atoms with E-state index in [0.29, 0.717) is 11.4 Å². The summed E-state index contributed by atoms with van der Waals surface area (Å²) in [5.74, 6) is -0.559. The molecule has 1 aromatic heterocycles. The van der Waals surface area contributed by atoms with E-state index >= 15 is 0 Å². The summed E-state index contributed by atoms with van der Waals surface area (Å²) in [6.07, 6.45) is 0. The fourth-order valence-corrected chi connectivity index (χ4v) is 3.26. The molecule has 0 aliphatic carbocycles. The Hall–Kier alpha value is -2.24. The summed E-state index contributed by atoms with van der Waals surface area (Å²) in [4.78, 5) is 11.9. The van der Waals surface area contributed by atoms with Gasteiger partial charge in [-0.1, -0.05) is 12.1 Å². The molecule has 1 heterocycles. The average molecular weight is 483 g/mol. The maximum absolute atomic E-state index is 11.9. The van der Waals surface area contributed by atoms with Gasteiger partial charge in [0.05, 0.1) is 23.4 Å². The van der Waals surface area contributed by atoms with Gasteiger partial charge in [-0.15, -0.1) is 0 Å². The second-order valence-electron chi connectivity index (χ2n) is 5.36. The van der Waals surface area contributed by atoms with Crippen LogP contribution in [0.5, 0.6) is 0 Å². The summed E-state index contributed by atoms with van der Waals surface area (Å²) in [7, 11) is -2.50. The first kappa shape index (κ1) is 18.5. The first-order valence-corrected chi connectivity index (χ1v) is 9.99. The molecule has 2 N–H and O–H groups in total. The Morgan fingerprint density at radius 1 is 1.12 bits per heavy atom. The minimum atomic E-state index is -3.79. The summed E-state index contributed by atoms with van der Waals surface area (Å²) in [6.45, 7) is 0. The molecule has 0 atom stereocenters. The van der Waals surface area contributed by atoms with Gasteiger partial charge in [0.2, 0.25) is 10.0 Å². The molecule has 0 aliphatic rings. The predicted octanol–water partition coefficient (Wildman–Crippen LogP) is 2.58. The van der Waals surface area contributed by atoms with Crippen LogP contribution in [0.4, 0.5) is 0 Å². The lowest BCUT2D eigenvalue weighted by atomic mass is 10.1. The van der Waals surface area contributed by atoms with Crippen molar-refractivity contribution < 1.29 is 17.9 Å². The first-order chi connectivity index (χ1) is 12.3. The van der Waals surface area contributed by atoms with Crippen molar-refractivity contribution in [1.82, 2.24) is 9.78 Å². The predicted molar refractivity (Wildman–Crippen MR) is 104 cm³/mol. The highest BCUT2D eigenvalue weighted by Gasteiger charge is 2.17. The third kappa shape index (κ3) is 3.79.